The number of hydrogen-bond donors (Lipinski definition) is 1. The summed E-state index contributed by atoms with van der Waals surface area (Å²) in [6.07, 6.45) is 6.87. The van der Waals surface area contributed by atoms with Crippen LogP contribution in [0.25, 0.3) is 0 Å². The second kappa shape index (κ2) is 7.25. The Morgan fingerprint density at radius 2 is 1.92 bits per heavy atom. The number of amides is 1. The molecule has 26 heavy (non-hydrogen) atoms. The van der Waals surface area contributed by atoms with Crippen LogP contribution in [-0.2, 0) is 10.3 Å². The van der Waals surface area contributed by atoms with Crippen LogP contribution in [0.5, 0.6) is 0 Å². The van der Waals surface area contributed by atoms with Crippen molar-refractivity contribution in [1.82, 2.24) is 25.0 Å². The van der Waals surface area contributed by atoms with Gasteiger partial charge in [0.1, 0.15) is 11.4 Å². The standard InChI is InChI=1S/C18H23ClN6O/c19-15-2-3-16(21-14-15)23-10-12-24(13-11-23)17(26)18(4-7-20-8-5-18)25-9-1-6-22-25/h1-3,6,9,14,20H,4-5,7-8,10-13H2. The third kappa shape index (κ3) is 3.17. The summed E-state index contributed by atoms with van der Waals surface area (Å²) >= 11 is 5.92. The van der Waals surface area contributed by atoms with E-state index in [9.17, 15) is 4.79 Å². The summed E-state index contributed by atoms with van der Waals surface area (Å²) in [5, 5.41) is 8.39. The van der Waals surface area contributed by atoms with E-state index in [1.54, 1.807) is 12.4 Å². The molecule has 0 unspecified atom stereocenters. The van der Waals surface area contributed by atoms with Crippen LogP contribution in [0.4, 0.5) is 5.82 Å². The van der Waals surface area contributed by atoms with E-state index in [0.717, 1.165) is 44.8 Å². The molecule has 1 N–H and O–H groups in total. The zero-order valence-corrected chi connectivity index (χ0v) is 15.4. The third-order valence-electron chi connectivity index (χ3n) is 5.37. The van der Waals surface area contributed by atoms with Crippen LogP contribution < -0.4 is 10.2 Å². The Kier molecular flexibility index (Phi) is 4.82. The van der Waals surface area contributed by atoms with Crippen LogP contribution in [0.3, 0.4) is 0 Å². The first-order valence-electron chi connectivity index (χ1n) is 9.06. The number of piperazine rings is 1. The van der Waals surface area contributed by atoms with Crippen LogP contribution in [0.2, 0.25) is 5.02 Å². The molecule has 138 valence electrons. The number of nitrogens with zero attached hydrogens (tertiary/aromatic N) is 5. The number of hydrogen-bond acceptors (Lipinski definition) is 5. The average Bonchev–Trinajstić information content (AvgIpc) is 3.24. The molecular formula is C18H23ClN6O. The number of carbonyl (C=O) groups excluding carboxylic acids is 1. The molecular weight excluding hydrogens is 352 g/mol. The van der Waals surface area contributed by atoms with Gasteiger partial charge in [0.15, 0.2) is 0 Å². The number of nitrogens with one attached hydrogen (secondary N) is 1. The fraction of sp³-hybridized carbons (Fsp3) is 0.500. The molecule has 2 aliphatic rings. The predicted octanol–water partition coefficient (Wildman–Crippen LogP) is 1.36. The van der Waals surface area contributed by atoms with E-state index in [4.69, 9.17) is 11.6 Å². The SMILES string of the molecule is O=C(N1CCN(c2ccc(Cl)cn2)CC1)C1(n2cccn2)CCNCC1. The molecule has 2 saturated heterocycles. The number of rotatable bonds is 3. The van der Waals surface area contributed by atoms with Crippen LogP contribution in [-0.4, -0.2) is 64.8 Å². The number of piperidine rings is 1. The molecule has 1 amide bonds. The second-order valence-corrected chi connectivity index (χ2v) is 7.28. The predicted molar refractivity (Wildman–Crippen MR) is 100 cm³/mol. The Bertz CT molecular complexity index is 734. The van der Waals surface area contributed by atoms with Gasteiger partial charge in [0.05, 0.1) is 5.02 Å². The Balaban J connectivity index is 1.47. The van der Waals surface area contributed by atoms with Crippen molar-refractivity contribution in [2.24, 2.45) is 0 Å². The molecule has 4 rings (SSSR count). The smallest absolute Gasteiger partial charge is 0.250 e. The molecule has 0 aromatic carbocycles. The summed E-state index contributed by atoms with van der Waals surface area (Å²) in [5.74, 6) is 1.09. The number of aromatic nitrogens is 3. The van der Waals surface area contributed by atoms with E-state index in [0.29, 0.717) is 18.1 Å². The molecule has 4 heterocycles. The van der Waals surface area contributed by atoms with Gasteiger partial charge in [-0.3, -0.25) is 9.48 Å². The first kappa shape index (κ1) is 17.3. The molecule has 0 spiro atoms. The van der Waals surface area contributed by atoms with Crippen molar-refractivity contribution in [2.75, 3.05) is 44.2 Å². The van der Waals surface area contributed by atoms with E-state index in [1.807, 2.05) is 34.0 Å². The lowest BCUT2D eigenvalue weighted by molar-refractivity contribution is -0.143. The lowest BCUT2D eigenvalue weighted by Crippen LogP contribution is -2.59. The van der Waals surface area contributed by atoms with Gasteiger partial charge >= 0.3 is 0 Å². The number of halogens is 1. The van der Waals surface area contributed by atoms with Gasteiger partial charge in [0.25, 0.3) is 5.91 Å². The van der Waals surface area contributed by atoms with Crippen LogP contribution >= 0.6 is 11.6 Å². The molecule has 8 heteroatoms. The van der Waals surface area contributed by atoms with Crippen molar-refractivity contribution >= 4 is 23.3 Å². The maximum Gasteiger partial charge on any atom is 0.250 e. The highest BCUT2D eigenvalue weighted by Gasteiger charge is 2.44. The molecule has 2 aromatic rings. The second-order valence-electron chi connectivity index (χ2n) is 6.85. The average molecular weight is 375 g/mol. The van der Waals surface area contributed by atoms with Gasteiger partial charge in [0, 0.05) is 44.8 Å². The first-order valence-corrected chi connectivity index (χ1v) is 9.44. The minimum atomic E-state index is -0.560. The van der Waals surface area contributed by atoms with Crippen LogP contribution in [0.15, 0.2) is 36.8 Å². The minimum absolute atomic E-state index is 0.186. The van der Waals surface area contributed by atoms with E-state index >= 15 is 0 Å². The third-order valence-corrected chi connectivity index (χ3v) is 5.60. The van der Waals surface area contributed by atoms with Gasteiger partial charge in [-0.2, -0.15) is 5.10 Å². The Morgan fingerprint density at radius 1 is 1.15 bits per heavy atom. The molecule has 0 saturated carbocycles. The summed E-state index contributed by atoms with van der Waals surface area (Å²) in [6, 6.07) is 5.67. The number of carbonyl (C=O) groups is 1. The summed E-state index contributed by atoms with van der Waals surface area (Å²) in [4.78, 5) is 22.0. The largest absolute Gasteiger partial charge is 0.353 e. The fourth-order valence-corrected chi connectivity index (χ4v) is 4.00. The molecule has 2 aliphatic heterocycles. The van der Waals surface area contributed by atoms with Gasteiger partial charge in [-0.1, -0.05) is 11.6 Å². The normalized spacial score (nSPS) is 20.2. The highest BCUT2D eigenvalue weighted by Crippen LogP contribution is 2.30. The van der Waals surface area contributed by atoms with Gasteiger partial charge in [-0.15, -0.1) is 0 Å². The maximum atomic E-state index is 13.4. The van der Waals surface area contributed by atoms with Crippen molar-refractivity contribution in [2.45, 2.75) is 18.4 Å². The summed E-state index contributed by atoms with van der Waals surface area (Å²) in [5.41, 5.74) is -0.560. The summed E-state index contributed by atoms with van der Waals surface area (Å²) in [6.45, 7) is 4.60. The van der Waals surface area contributed by atoms with Crippen molar-refractivity contribution in [3.8, 4) is 0 Å². The number of anilines is 1. The highest BCUT2D eigenvalue weighted by atomic mass is 35.5. The molecule has 2 aromatic heterocycles. The maximum absolute atomic E-state index is 13.4. The molecule has 0 atom stereocenters. The summed E-state index contributed by atoms with van der Waals surface area (Å²) < 4.78 is 1.86. The lowest BCUT2D eigenvalue weighted by atomic mass is 9.86. The van der Waals surface area contributed by atoms with Crippen LogP contribution in [0, 0.1) is 0 Å². The Labute approximate surface area is 157 Å². The zero-order chi connectivity index (χ0) is 18.0. The van der Waals surface area contributed by atoms with Crippen LogP contribution in [0.1, 0.15) is 12.8 Å². The zero-order valence-electron chi connectivity index (χ0n) is 14.6. The summed E-state index contributed by atoms with van der Waals surface area (Å²) in [7, 11) is 0. The van der Waals surface area contributed by atoms with Crippen molar-refractivity contribution in [3.63, 3.8) is 0 Å². The topological polar surface area (TPSA) is 66.3 Å². The quantitative estimate of drug-likeness (QED) is 0.878. The highest BCUT2D eigenvalue weighted by molar-refractivity contribution is 6.30. The van der Waals surface area contributed by atoms with E-state index in [-0.39, 0.29) is 5.91 Å². The van der Waals surface area contributed by atoms with Crippen molar-refractivity contribution < 1.29 is 4.79 Å². The van der Waals surface area contributed by atoms with Crippen molar-refractivity contribution in [1.29, 1.82) is 0 Å². The fourth-order valence-electron chi connectivity index (χ4n) is 3.89. The van der Waals surface area contributed by atoms with E-state index in [2.05, 4.69) is 20.3 Å². The van der Waals surface area contributed by atoms with Crippen molar-refractivity contribution in [3.05, 3.63) is 41.8 Å². The van der Waals surface area contributed by atoms with Gasteiger partial charge < -0.3 is 15.1 Å². The molecule has 0 radical (unpaired) electrons. The van der Waals surface area contributed by atoms with Gasteiger partial charge in [0.2, 0.25) is 0 Å². The van der Waals surface area contributed by atoms with E-state index < -0.39 is 5.54 Å². The Hall–Kier alpha value is -2.12. The number of pyridine rings is 1. The van der Waals surface area contributed by atoms with Gasteiger partial charge in [-0.05, 0) is 44.1 Å². The first-order chi connectivity index (χ1) is 12.7. The van der Waals surface area contributed by atoms with Gasteiger partial charge in [-0.25, -0.2) is 4.98 Å². The molecule has 2 fully saturated rings. The molecule has 0 aliphatic carbocycles. The molecule has 0 bridgehead atoms. The molecule has 7 nitrogen and oxygen atoms in total. The Morgan fingerprint density at radius 3 is 2.54 bits per heavy atom. The minimum Gasteiger partial charge on any atom is -0.353 e. The lowest BCUT2D eigenvalue weighted by Gasteiger charge is -2.43. The monoisotopic (exact) mass is 374 g/mol. The van der Waals surface area contributed by atoms with E-state index in [1.165, 1.54) is 0 Å².